The van der Waals surface area contributed by atoms with Crippen LogP contribution in [-0.2, 0) is 39.8 Å². The Morgan fingerprint density at radius 2 is 1.80 bits per heavy atom. The molecule has 0 aromatic heterocycles. The predicted molar refractivity (Wildman–Crippen MR) is 103 cm³/mol. The fourth-order valence-corrected chi connectivity index (χ4v) is 3.79. The molecule has 0 radical (unpaired) electrons. The highest BCUT2D eigenvalue weighted by atomic mass is 16.6. The van der Waals surface area contributed by atoms with Crippen molar-refractivity contribution in [1.29, 1.82) is 0 Å². The lowest BCUT2D eigenvalue weighted by Gasteiger charge is -2.38. The van der Waals surface area contributed by atoms with Crippen molar-refractivity contribution in [2.45, 2.75) is 51.9 Å². The number of rotatable bonds is 5. The lowest BCUT2D eigenvalue weighted by molar-refractivity contribution is -0.175. The van der Waals surface area contributed by atoms with Gasteiger partial charge in [-0.3, -0.25) is 19.2 Å². The van der Waals surface area contributed by atoms with Crippen LogP contribution < -0.4 is 0 Å². The summed E-state index contributed by atoms with van der Waals surface area (Å²) in [5.74, 6) is -2.28. The van der Waals surface area contributed by atoms with Crippen LogP contribution in [0, 0.1) is 5.92 Å². The SMILES string of the molecule is CC(=O)OC[C@H]1O[C@H](C2CCc3ccccc3C2=O)C=C(OC(C)=O)[C@@H]1OC(C)=O. The molecule has 160 valence electrons. The van der Waals surface area contributed by atoms with Crippen LogP contribution in [0.5, 0.6) is 0 Å². The van der Waals surface area contributed by atoms with E-state index in [0.717, 1.165) is 5.56 Å². The molecule has 4 atom stereocenters. The first-order valence-electron chi connectivity index (χ1n) is 9.74. The van der Waals surface area contributed by atoms with Crippen molar-refractivity contribution in [3.05, 3.63) is 47.2 Å². The van der Waals surface area contributed by atoms with Gasteiger partial charge in [-0.1, -0.05) is 24.3 Å². The molecule has 1 unspecified atom stereocenters. The third-order valence-electron chi connectivity index (χ3n) is 5.02. The van der Waals surface area contributed by atoms with Gasteiger partial charge in [0, 0.05) is 26.3 Å². The lowest BCUT2D eigenvalue weighted by Crippen LogP contribution is -2.48. The van der Waals surface area contributed by atoms with Gasteiger partial charge >= 0.3 is 17.9 Å². The number of aryl methyl sites for hydroxylation is 1. The molecule has 0 bridgehead atoms. The summed E-state index contributed by atoms with van der Waals surface area (Å²) in [6.07, 6.45) is 0.0248. The maximum absolute atomic E-state index is 13.1. The fraction of sp³-hybridized carbons (Fsp3) is 0.455. The number of ether oxygens (including phenoxy) is 4. The number of hydrogen-bond donors (Lipinski definition) is 0. The summed E-state index contributed by atoms with van der Waals surface area (Å²) in [4.78, 5) is 47.6. The molecule has 0 N–H and O–H groups in total. The number of fused-ring (bicyclic) bond motifs is 1. The summed E-state index contributed by atoms with van der Waals surface area (Å²) in [6.45, 7) is 3.45. The molecular weight excluding hydrogens is 392 g/mol. The van der Waals surface area contributed by atoms with E-state index < -0.39 is 42.1 Å². The zero-order chi connectivity index (χ0) is 21.8. The van der Waals surface area contributed by atoms with E-state index in [1.54, 1.807) is 12.1 Å². The minimum Gasteiger partial charge on any atom is -0.463 e. The highest BCUT2D eigenvalue weighted by Gasteiger charge is 2.43. The summed E-state index contributed by atoms with van der Waals surface area (Å²) in [5.41, 5.74) is 1.62. The highest BCUT2D eigenvalue weighted by molar-refractivity contribution is 6.00. The third kappa shape index (κ3) is 4.94. The van der Waals surface area contributed by atoms with Gasteiger partial charge in [-0.2, -0.15) is 0 Å². The van der Waals surface area contributed by atoms with E-state index in [4.69, 9.17) is 18.9 Å². The standard InChI is InChI=1S/C22H24O8/c1-12(23)27-11-20-22(29-14(3)25)19(28-13(2)24)10-18(30-20)17-9-8-15-6-4-5-7-16(15)21(17)26/h4-7,10,17-18,20,22H,8-9,11H2,1-3H3/t17?,18-,20+,22-/m0/s1. The molecule has 1 heterocycles. The number of benzene rings is 1. The third-order valence-corrected chi connectivity index (χ3v) is 5.02. The number of hydrogen-bond acceptors (Lipinski definition) is 8. The second kappa shape index (κ2) is 9.21. The lowest BCUT2D eigenvalue weighted by atomic mass is 9.79. The summed E-state index contributed by atoms with van der Waals surface area (Å²) >= 11 is 0. The van der Waals surface area contributed by atoms with Gasteiger partial charge in [0.2, 0.25) is 0 Å². The minimum atomic E-state index is -1.08. The van der Waals surface area contributed by atoms with Crippen LogP contribution in [0.4, 0.5) is 0 Å². The highest BCUT2D eigenvalue weighted by Crippen LogP contribution is 2.34. The van der Waals surface area contributed by atoms with Crippen molar-refractivity contribution in [2.75, 3.05) is 6.61 Å². The van der Waals surface area contributed by atoms with Crippen LogP contribution in [0.1, 0.15) is 43.1 Å². The molecule has 1 aromatic carbocycles. The topological polar surface area (TPSA) is 105 Å². The summed E-state index contributed by atoms with van der Waals surface area (Å²) < 4.78 is 21.7. The van der Waals surface area contributed by atoms with Gasteiger partial charge < -0.3 is 18.9 Å². The molecule has 3 rings (SSSR count). The minimum absolute atomic E-state index is 0.0674. The molecule has 0 saturated carbocycles. The van der Waals surface area contributed by atoms with Crippen LogP contribution in [0.25, 0.3) is 0 Å². The van der Waals surface area contributed by atoms with Crippen LogP contribution in [0.3, 0.4) is 0 Å². The summed E-state index contributed by atoms with van der Waals surface area (Å²) in [6, 6.07) is 7.40. The van der Waals surface area contributed by atoms with E-state index in [-0.39, 0.29) is 18.1 Å². The van der Waals surface area contributed by atoms with Gasteiger partial charge in [-0.15, -0.1) is 0 Å². The maximum Gasteiger partial charge on any atom is 0.307 e. The first kappa shape index (κ1) is 21.7. The predicted octanol–water partition coefficient (Wildman–Crippen LogP) is 2.14. The van der Waals surface area contributed by atoms with Crippen LogP contribution in [0.2, 0.25) is 0 Å². The zero-order valence-electron chi connectivity index (χ0n) is 17.1. The molecule has 8 heteroatoms. The van der Waals surface area contributed by atoms with E-state index in [1.807, 2.05) is 12.1 Å². The molecule has 1 aliphatic heterocycles. The molecule has 0 amide bonds. The quantitative estimate of drug-likeness (QED) is 0.531. The Balaban J connectivity index is 1.93. The number of ketones is 1. The molecule has 30 heavy (non-hydrogen) atoms. The normalized spacial score (nSPS) is 25.6. The Morgan fingerprint density at radius 1 is 1.07 bits per heavy atom. The van der Waals surface area contributed by atoms with E-state index in [1.165, 1.54) is 26.8 Å². The molecule has 1 aromatic rings. The Morgan fingerprint density at radius 3 is 2.47 bits per heavy atom. The molecular formula is C22H24O8. The largest absolute Gasteiger partial charge is 0.463 e. The molecule has 0 spiro atoms. The van der Waals surface area contributed by atoms with E-state index >= 15 is 0 Å². The number of esters is 3. The van der Waals surface area contributed by atoms with Crippen molar-refractivity contribution in [3.63, 3.8) is 0 Å². The smallest absolute Gasteiger partial charge is 0.307 e. The van der Waals surface area contributed by atoms with Crippen LogP contribution >= 0.6 is 0 Å². The van der Waals surface area contributed by atoms with Crippen LogP contribution in [-0.4, -0.2) is 48.6 Å². The summed E-state index contributed by atoms with van der Waals surface area (Å²) in [7, 11) is 0. The van der Waals surface area contributed by atoms with Crippen molar-refractivity contribution < 1.29 is 38.1 Å². The molecule has 2 aliphatic rings. The molecule has 0 fully saturated rings. The molecule has 1 aliphatic carbocycles. The van der Waals surface area contributed by atoms with Crippen molar-refractivity contribution in [1.82, 2.24) is 0 Å². The number of Topliss-reactive ketones (excluding diaryl/α,β-unsaturated/α-hetero) is 1. The number of carbonyl (C=O) groups excluding carboxylic acids is 4. The second-order valence-electron chi connectivity index (χ2n) is 7.30. The Bertz CT molecular complexity index is 887. The average Bonchev–Trinajstić information content (AvgIpc) is 2.68. The Hall–Kier alpha value is -3.00. The van der Waals surface area contributed by atoms with Gasteiger partial charge in [0.25, 0.3) is 0 Å². The van der Waals surface area contributed by atoms with Gasteiger partial charge in [0.15, 0.2) is 11.9 Å². The average molecular weight is 416 g/mol. The molecule has 0 saturated heterocycles. The first-order chi connectivity index (χ1) is 14.3. The van der Waals surface area contributed by atoms with Gasteiger partial charge in [0.1, 0.15) is 18.5 Å². The van der Waals surface area contributed by atoms with E-state index in [2.05, 4.69) is 0 Å². The summed E-state index contributed by atoms with van der Waals surface area (Å²) in [5, 5.41) is 0. The van der Waals surface area contributed by atoms with E-state index in [9.17, 15) is 19.2 Å². The Labute approximate surface area is 174 Å². The van der Waals surface area contributed by atoms with Crippen LogP contribution in [0.15, 0.2) is 36.1 Å². The maximum atomic E-state index is 13.1. The molecule has 8 nitrogen and oxygen atoms in total. The van der Waals surface area contributed by atoms with Gasteiger partial charge in [0.05, 0.1) is 12.0 Å². The van der Waals surface area contributed by atoms with Crippen molar-refractivity contribution in [2.24, 2.45) is 5.92 Å². The zero-order valence-corrected chi connectivity index (χ0v) is 17.1. The van der Waals surface area contributed by atoms with E-state index in [0.29, 0.717) is 18.4 Å². The Kier molecular flexibility index (Phi) is 6.66. The second-order valence-corrected chi connectivity index (χ2v) is 7.30. The fourth-order valence-electron chi connectivity index (χ4n) is 3.79. The number of carbonyl (C=O) groups is 4. The van der Waals surface area contributed by atoms with Crippen molar-refractivity contribution in [3.8, 4) is 0 Å². The van der Waals surface area contributed by atoms with Gasteiger partial charge in [-0.05, 0) is 24.5 Å². The van der Waals surface area contributed by atoms with Crippen molar-refractivity contribution >= 4 is 23.7 Å². The van der Waals surface area contributed by atoms with Gasteiger partial charge in [-0.25, -0.2) is 0 Å². The first-order valence-corrected chi connectivity index (χ1v) is 9.74. The monoisotopic (exact) mass is 416 g/mol.